The van der Waals surface area contributed by atoms with Crippen molar-refractivity contribution in [2.24, 2.45) is 4.99 Å². The van der Waals surface area contributed by atoms with E-state index in [0.29, 0.717) is 22.8 Å². The van der Waals surface area contributed by atoms with Crippen LogP contribution in [0.4, 0.5) is 17.2 Å². The van der Waals surface area contributed by atoms with E-state index in [-0.39, 0.29) is 0 Å². The van der Waals surface area contributed by atoms with E-state index in [4.69, 9.17) is 11.5 Å². The lowest BCUT2D eigenvalue weighted by Gasteiger charge is -1.99. The molecule has 2 aromatic rings. The van der Waals surface area contributed by atoms with Crippen molar-refractivity contribution in [2.45, 2.75) is 0 Å². The van der Waals surface area contributed by atoms with Crippen LogP contribution in [0.15, 0.2) is 41.8 Å². The molecule has 0 radical (unpaired) electrons. The Morgan fingerprint density at radius 1 is 1.19 bits per heavy atom. The normalized spacial score (nSPS) is 10.8. The summed E-state index contributed by atoms with van der Waals surface area (Å²) in [5.41, 5.74) is 13.4. The summed E-state index contributed by atoms with van der Waals surface area (Å²) in [6.07, 6.45) is 4.59. The Morgan fingerprint density at radius 3 is 2.75 bits per heavy atom. The highest BCUT2D eigenvalue weighted by atomic mass is 14.9. The van der Waals surface area contributed by atoms with E-state index in [2.05, 4.69) is 15.0 Å². The second kappa shape index (κ2) is 4.39. The summed E-state index contributed by atoms with van der Waals surface area (Å²) in [5.74, 6) is 0.397. The van der Waals surface area contributed by atoms with Crippen LogP contribution in [0, 0.1) is 0 Å². The van der Waals surface area contributed by atoms with Crippen molar-refractivity contribution in [3.63, 3.8) is 0 Å². The Bertz CT molecular complexity index is 474. The number of hydrogen-bond acceptors (Lipinski definition) is 5. The van der Waals surface area contributed by atoms with E-state index in [9.17, 15) is 0 Å². The first-order chi connectivity index (χ1) is 7.77. The van der Waals surface area contributed by atoms with E-state index in [1.807, 2.05) is 18.2 Å². The zero-order valence-corrected chi connectivity index (χ0v) is 8.54. The first-order valence-corrected chi connectivity index (χ1v) is 4.71. The van der Waals surface area contributed by atoms with Crippen molar-refractivity contribution in [3.05, 3.63) is 42.4 Å². The Labute approximate surface area is 92.9 Å². The van der Waals surface area contributed by atoms with Gasteiger partial charge >= 0.3 is 0 Å². The average molecular weight is 213 g/mol. The van der Waals surface area contributed by atoms with Crippen molar-refractivity contribution >= 4 is 23.4 Å². The number of aromatic nitrogens is 2. The summed E-state index contributed by atoms with van der Waals surface area (Å²) < 4.78 is 0. The van der Waals surface area contributed by atoms with Crippen LogP contribution in [0.5, 0.6) is 0 Å². The molecule has 0 spiro atoms. The van der Waals surface area contributed by atoms with Gasteiger partial charge in [-0.05, 0) is 12.1 Å². The van der Waals surface area contributed by atoms with Crippen LogP contribution in [0.3, 0.4) is 0 Å². The number of rotatable bonds is 2. The molecule has 2 rings (SSSR count). The quantitative estimate of drug-likeness (QED) is 0.582. The minimum Gasteiger partial charge on any atom is -0.397 e. The van der Waals surface area contributed by atoms with Crippen LogP contribution in [-0.4, -0.2) is 16.2 Å². The number of nitrogens with zero attached hydrogens (tertiary/aromatic N) is 3. The molecule has 0 amide bonds. The summed E-state index contributed by atoms with van der Waals surface area (Å²) in [4.78, 5) is 12.0. The predicted octanol–water partition coefficient (Wildman–Crippen LogP) is 1.39. The van der Waals surface area contributed by atoms with Gasteiger partial charge in [0.2, 0.25) is 0 Å². The lowest BCUT2D eigenvalue weighted by atomic mass is 10.3. The molecule has 5 nitrogen and oxygen atoms in total. The zero-order chi connectivity index (χ0) is 11.4. The first-order valence-electron chi connectivity index (χ1n) is 4.71. The van der Waals surface area contributed by atoms with E-state index >= 15 is 0 Å². The highest BCUT2D eigenvalue weighted by molar-refractivity contribution is 5.87. The molecule has 1 aromatic carbocycles. The summed E-state index contributed by atoms with van der Waals surface area (Å²) in [6.45, 7) is 0. The van der Waals surface area contributed by atoms with E-state index in [0.717, 1.165) is 0 Å². The third-order valence-electron chi connectivity index (χ3n) is 2.05. The van der Waals surface area contributed by atoms with Gasteiger partial charge in [-0.1, -0.05) is 12.1 Å². The third-order valence-corrected chi connectivity index (χ3v) is 2.05. The van der Waals surface area contributed by atoms with Crippen molar-refractivity contribution in [3.8, 4) is 0 Å². The molecule has 1 aromatic heterocycles. The Hall–Kier alpha value is -2.43. The Balaban J connectivity index is 2.29. The lowest BCUT2D eigenvalue weighted by molar-refractivity contribution is 1.17. The number of anilines is 2. The molecule has 0 saturated carbocycles. The van der Waals surface area contributed by atoms with E-state index < -0.39 is 0 Å². The summed E-state index contributed by atoms with van der Waals surface area (Å²) >= 11 is 0. The molecule has 0 unspecified atom stereocenters. The van der Waals surface area contributed by atoms with Gasteiger partial charge in [0.05, 0.1) is 16.9 Å². The molecule has 80 valence electrons. The van der Waals surface area contributed by atoms with Crippen LogP contribution in [0.1, 0.15) is 5.56 Å². The van der Waals surface area contributed by atoms with Gasteiger partial charge in [0, 0.05) is 12.4 Å². The number of nitrogens with two attached hydrogens (primary N) is 2. The minimum absolute atomic E-state index is 0.397. The monoisotopic (exact) mass is 213 g/mol. The topological polar surface area (TPSA) is 90.2 Å². The van der Waals surface area contributed by atoms with Crippen molar-refractivity contribution < 1.29 is 0 Å². The number of nitrogen functional groups attached to an aromatic ring is 2. The van der Waals surface area contributed by atoms with Gasteiger partial charge in [0.25, 0.3) is 0 Å². The van der Waals surface area contributed by atoms with Gasteiger partial charge in [0.15, 0.2) is 0 Å². The Kier molecular flexibility index (Phi) is 2.77. The summed E-state index contributed by atoms with van der Waals surface area (Å²) in [5, 5.41) is 0. The fraction of sp³-hybridized carbons (Fsp3) is 0. The highest BCUT2D eigenvalue weighted by Crippen LogP contribution is 2.20. The highest BCUT2D eigenvalue weighted by Gasteiger charge is 1.97. The molecular weight excluding hydrogens is 202 g/mol. The number of aliphatic imine (C=N–C) groups is 1. The van der Waals surface area contributed by atoms with Gasteiger partial charge < -0.3 is 11.5 Å². The Morgan fingerprint density at radius 2 is 2.00 bits per heavy atom. The maximum Gasteiger partial charge on any atom is 0.135 e. The average Bonchev–Trinajstić information content (AvgIpc) is 2.30. The molecular formula is C11H11N5. The van der Waals surface area contributed by atoms with Crippen molar-refractivity contribution in [2.75, 3.05) is 11.5 Å². The standard InChI is InChI=1S/C11H11N5/c12-9-3-1-2-4-10(9)15-6-8-5-14-7-16-11(8)13/h1-7H,12H2,(H2,13,14,16). The van der Waals surface area contributed by atoms with Crippen LogP contribution in [0.2, 0.25) is 0 Å². The molecule has 0 bridgehead atoms. The van der Waals surface area contributed by atoms with E-state index in [1.165, 1.54) is 6.33 Å². The molecule has 5 heteroatoms. The van der Waals surface area contributed by atoms with Gasteiger partial charge in [-0.2, -0.15) is 0 Å². The lowest BCUT2D eigenvalue weighted by Crippen LogP contribution is -1.97. The maximum absolute atomic E-state index is 5.75. The van der Waals surface area contributed by atoms with Crippen LogP contribution < -0.4 is 11.5 Å². The van der Waals surface area contributed by atoms with Crippen LogP contribution in [0.25, 0.3) is 0 Å². The van der Waals surface area contributed by atoms with Gasteiger partial charge in [-0.3, -0.25) is 4.99 Å². The molecule has 0 aliphatic rings. The van der Waals surface area contributed by atoms with Gasteiger partial charge in [-0.15, -0.1) is 0 Å². The van der Waals surface area contributed by atoms with Gasteiger partial charge in [0.1, 0.15) is 12.1 Å². The predicted molar refractivity (Wildman–Crippen MR) is 64.6 cm³/mol. The smallest absolute Gasteiger partial charge is 0.135 e. The maximum atomic E-state index is 5.75. The van der Waals surface area contributed by atoms with Crippen LogP contribution >= 0.6 is 0 Å². The molecule has 0 fully saturated rings. The van der Waals surface area contributed by atoms with E-state index in [1.54, 1.807) is 18.5 Å². The fourth-order valence-corrected chi connectivity index (χ4v) is 1.19. The third kappa shape index (κ3) is 2.14. The molecule has 4 N–H and O–H groups in total. The van der Waals surface area contributed by atoms with Crippen molar-refractivity contribution in [1.29, 1.82) is 0 Å². The minimum atomic E-state index is 0.397. The fourth-order valence-electron chi connectivity index (χ4n) is 1.19. The summed E-state index contributed by atoms with van der Waals surface area (Å²) in [6, 6.07) is 7.34. The zero-order valence-electron chi connectivity index (χ0n) is 8.54. The second-order valence-corrected chi connectivity index (χ2v) is 3.18. The molecule has 0 saturated heterocycles. The number of para-hydroxylation sites is 2. The van der Waals surface area contributed by atoms with Crippen molar-refractivity contribution in [1.82, 2.24) is 9.97 Å². The first kappa shape index (κ1) is 10.1. The molecule has 1 heterocycles. The SMILES string of the molecule is Nc1ccccc1N=Cc1cncnc1N. The largest absolute Gasteiger partial charge is 0.397 e. The number of benzene rings is 1. The molecule has 0 aliphatic carbocycles. The number of hydrogen-bond donors (Lipinski definition) is 2. The van der Waals surface area contributed by atoms with Crippen LogP contribution in [-0.2, 0) is 0 Å². The summed E-state index contributed by atoms with van der Waals surface area (Å²) in [7, 11) is 0. The molecule has 0 atom stereocenters. The van der Waals surface area contributed by atoms with Gasteiger partial charge in [-0.25, -0.2) is 9.97 Å². The molecule has 0 aliphatic heterocycles. The second-order valence-electron chi connectivity index (χ2n) is 3.18. The molecule has 16 heavy (non-hydrogen) atoms.